The van der Waals surface area contributed by atoms with Crippen LogP contribution in [0.25, 0.3) is 11.4 Å². The van der Waals surface area contributed by atoms with E-state index >= 15 is 0 Å². The van der Waals surface area contributed by atoms with Crippen LogP contribution in [0.4, 0.5) is 8.78 Å². The Morgan fingerprint density at radius 3 is 2.61 bits per heavy atom. The molecule has 33 heavy (non-hydrogen) atoms. The Labute approximate surface area is 191 Å². The molecule has 1 aromatic carbocycles. The molecule has 1 saturated heterocycles. The van der Waals surface area contributed by atoms with Crippen LogP contribution in [-0.2, 0) is 4.79 Å². The van der Waals surface area contributed by atoms with Crippen LogP contribution in [0.15, 0.2) is 22.7 Å². The molecule has 1 saturated carbocycles. The predicted molar refractivity (Wildman–Crippen MR) is 116 cm³/mol. The van der Waals surface area contributed by atoms with E-state index in [1.165, 1.54) is 25.3 Å². The number of rotatable bonds is 5. The fourth-order valence-corrected chi connectivity index (χ4v) is 4.84. The van der Waals surface area contributed by atoms with Gasteiger partial charge in [-0.2, -0.15) is 4.98 Å². The second-order valence-electron chi connectivity index (χ2n) is 9.04. The molecule has 8 nitrogen and oxygen atoms in total. The fraction of sp³-hybridized carbons (Fsp3) is 0.565. The van der Waals surface area contributed by atoms with Crippen molar-refractivity contribution in [1.29, 1.82) is 0 Å². The third-order valence-electron chi connectivity index (χ3n) is 6.60. The first-order valence-corrected chi connectivity index (χ1v) is 11.4. The summed E-state index contributed by atoms with van der Waals surface area (Å²) >= 11 is 0. The van der Waals surface area contributed by atoms with Gasteiger partial charge in [-0.3, -0.25) is 14.5 Å². The van der Waals surface area contributed by atoms with Crippen LogP contribution in [0.2, 0.25) is 0 Å². The van der Waals surface area contributed by atoms with Crippen molar-refractivity contribution < 1.29 is 22.9 Å². The molecule has 0 unspecified atom stereocenters. The van der Waals surface area contributed by atoms with Gasteiger partial charge in [0.2, 0.25) is 11.7 Å². The summed E-state index contributed by atoms with van der Waals surface area (Å²) in [6.07, 6.45) is 6.59. The van der Waals surface area contributed by atoms with E-state index in [2.05, 4.69) is 20.4 Å². The van der Waals surface area contributed by atoms with Gasteiger partial charge in [-0.25, -0.2) is 8.78 Å². The van der Waals surface area contributed by atoms with Crippen molar-refractivity contribution in [1.82, 2.24) is 25.3 Å². The van der Waals surface area contributed by atoms with Gasteiger partial charge >= 0.3 is 11.8 Å². The highest BCUT2D eigenvalue weighted by Crippen LogP contribution is 2.28. The minimum Gasteiger partial charge on any atom is -0.348 e. The van der Waals surface area contributed by atoms with E-state index < -0.39 is 23.5 Å². The third-order valence-corrected chi connectivity index (χ3v) is 6.60. The molecule has 0 radical (unpaired) electrons. The Bertz CT molecular complexity index is 1010. The van der Waals surface area contributed by atoms with Crippen LogP contribution in [0.1, 0.15) is 49.2 Å². The number of likely N-dealkylation sites (tertiary alicyclic amines) is 1. The van der Waals surface area contributed by atoms with Crippen molar-refractivity contribution in [3.8, 4) is 11.4 Å². The van der Waals surface area contributed by atoms with Gasteiger partial charge in [0, 0.05) is 45.3 Å². The zero-order valence-electron chi connectivity index (χ0n) is 18.9. The quantitative estimate of drug-likeness (QED) is 0.736. The normalized spacial score (nSPS) is 22.2. The Morgan fingerprint density at radius 2 is 1.91 bits per heavy atom. The van der Waals surface area contributed by atoms with Crippen LogP contribution < -0.4 is 5.32 Å². The smallest absolute Gasteiger partial charge is 0.316 e. The minimum atomic E-state index is -0.852. The maximum Gasteiger partial charge on any atom is 0.316 e. The molecule has 178 valence electrons. The zero-order valence-corrected chi connectivity index (χ0v) is 18.9. The lowest BCUT2D eigenvalue weighted by molar-refractivity contribution is -0.136. The molecule has 1 aliphatic heterocycles. The summed E-state index contributed by atoms with van der Waals surface area (Å²) in [5, 5.41) is 6.52. The lowest BCUT2D eigenvalue weighted by atomic mass is 9.86. The van der Waals surface area contributed by atoms with E-state index in [0.717, 1.165) is 25.5 Å². The van der Waals surface area contributed by atoms with E-state index in [1.54, 1.807) is 19.0 Å². The Morgan fingerprint density at radius 1 is 1.15 bits per heavy atom. The van der Waals surface area contributed by atoms with Crippen molar-refractivity contribution in [2.45, 2.75) is 50.6 Å². The summed E-state index contributed by atoms with van der Waals surface area (Å²) in [5.41, 5.74) is -0.0688. The lowest BCUT2D eigenvalue weighted by Gasteiger charge is -2.43. The highest BCUT2D eigenvalue weighted by Gasteiger charge is 2.39. The zero-order chi connectivity index (χ0) is 23.5. The van der Waals surface area contributed by atoms with E-state index in [0.29, 0.717) is 25.1 Å². The average molecular weight is 462 g/mol. The number of carbonyl (C=O) groups is 2. The molecule has 2 aromatic rings. The van der Waals surface area contributed by atoms with Crippen LogP contribution in [0.3, 0.4) is 0 Å². The topological polar surface area (TPSA) is 91.6 Å². The van der Waals surface area contributed by atoms with E-state index in [1.807, 2.05) is 0 Å². The molecule has 0 spiro atoms. The van der Waals surface area contributed by atoms with Crippen LogP contribution >= 0.6 is 0 Å². The number of carbonyl (C=O) groups excluding carboxylic acids is 2. The second kappa shape index (κ2) is 9.94. The van der Waals surface area contributed by atoms with E-state index in [4.69, 9.17) is 4.52 Å². The molecule has 2 heterocycles. The number of benzene rings is 1. The van der Waals surface area contributed by atoms with E-state index in [9.17, 15) is 18.4 Å². The summed E-state index contributed by atoms with van der Waals surface area (Å²) in [7, 11) is 3.42. The van der Waals surface area contributed by atoms with Crippen molar-refractivity contribution >= 4 is 11.8 Å². The summed E-state index contributed by atoms with van der Waals surface area (Å²) < 4.78 is 32.2. The number of hydrogen-bond donors (Lipinski definition) is 1. The maximum atomic E-state index is 14.0. The molecule has 10 heteroatoms. The Hall–Kier alpha value is -2.88. The maximum absolute atomic E-state index is 14.0. The standard InChI is InChI=1S/C23H29F2N5O3/c1-29(2)23(32)17-13-30(15-6-4-3-5-7-15)11-10-19(17)26-21(31)22-27-20(28-33-22)16-9-8-14(24)12-18(16)25/h8-9,12,15,17,19H,3-7,10-11,13H2,1-2H3,(H,26,31)/t17-,19-/m1/s1. The molecule has 1 aromatic heterocycles. The molecule has 2 aliphatic rings. The summed E-state index contributed by atoms with van der Waals surface area (Å²) in [6.45, 7) is 1.38. The number of nitrogens with one attached hydrogen (secondary N) is 1. The van der Waals surface area contributed by atoms with Crippen molar-refractivity contribution in [3.05, 3.63) is 35.7 Å². The predicted octanol–water partition coefficient (Wildman–Crippen LogP) is 2.86. The lowest BCUT2D eigenvalue weighted by Crippen LogP contribution is -2.57. The van der Waals surface area contributed by atoms with Crippen molar-refractivity contribution in [2.24, 2.45) is 5.92 Å². The molecule has 1 aliphatic carbocycles. The first-order chi connectivity index (χ1) is 15.8. The van der Waals surface area contributed by atoms with Gasteiger partial charge in [-0.05, 0) is 31.4 Å². The monoisotopic (exact) mass is 461 g/mol. The molecule has 1 N–H and O–H groups in total. The summed E-state index contributed by atoms with van der Waals surface area (Å²) in [5.74, 6) is -3.12. The van der Waals surface area contributed by atoms with Gasteiger partial charge in [0.1, 0.15) is 11.6 Å². The minimum absolute atomic E-state index is 0.0413. The number of hydrogen-bond acceptors (Lipinski definition) is 6. The van der Waals surface area contributed by atoms with Gasteiger partial charge in [-0.15, -0.1) is 0 Å². The number of piperidine rings is 1. The van der Waals surface area contributed by atoms with Gasteiger partial charge in [-0.1, -0.05) is 24.4 Å². The molecule has 0 bridgehead atoms. The van der Waals surface area contributed by atoms with Crippen LogP contribution in [0.5, 0.6) is 0 Å². The SMILES string of the molecule is CN(C)C(=O)[C@@H]1CN(C2CCCCC2)CC[C@H]1NC(=O)c1nc(-c2ccc(F)cc2F)no1. The Balaban J connectivity index is 1.47. The van der Waals surface area contributed by atoms with Gasteiger partial charge in [0.15, 0.2) is 0 Å². The summed E-state index contributed by atoms with van der Waals surface area (Å²) in [4.78, 5) is 33.7. The number of halogens is 2. The Kier molecular flexibility index (Phi) is 7.02. The molecule has 2 atom stereocenters. The molecular weight excluding hydrogens is 432 g/mol. The largest absolute Gasteiger partial charge is 0.348 e. The first-order valence-electron chi connectivity index (χ1n) is 11.4. The third kappa shape index (κ3) is 5.21. The van der Waals surface area contributed by atoms with Crippen molar-refractivity contribution in [3.63, 3.8) is 0 Å². The van der Waals surface area contributed by atoms with Crippen molar-refractivity contribution in [2.75, 3.05) is 27.2 Å². The number of amides is 2. The van der Waals surface area contributed by atoms with E-state index in [-0.39, 0.29) is 29.2 Å². The van der Waals surface area contributed by atoms with Gasteiger partial charge in [0.05, 0.1) is 11.5 Å². The van der Waals surface area contributed by atoms with Gasteiger partial charge in [0.25, 0.3) is 0 Å². The molecule has 2 amide bonds. The second-order valence-corrected chi connectivity index (χ2v) is 9.04. The highest BCUT2D eigenvalue weighted by molar-refractivity contribution is 5.91. The fourth-order valence-electron chi connectivity index (χ4n) is 4.84. The van der Waals surface area contributed by atoms with Crippen LogP contribution in [0, 0.1) is 17.6 Å². The number of aromatic nitrogens is 2. The van der Waals surface area contributed by atoms with Crippen LogP contribution in [-0.4, -0.2) is 71.0 Å². The molecular formula is C23H29F2N5O3. The van der Waals surface area contributed by atoms with Gasteiger partial charge < -0.3 is 14.7 Å². The highest BCUT2D eigenvalue weighted by atomic mass is 19.1. The molecule has 2 fully saturated rings. The number of nitrogens with zero attached hydrogens (tertiary/aromatic N) is 4. The first kappa shape index (κ1) is 23.3. The summed E-state index contributed by atoms with van der Waals surface area (Å²) in [6, 6.07) is 3.07. The average Bonchev–Trinajstić information content (AvgIpc) is 3.29. The molecule has 4 rings (SSSR count).